The molecule has 4 nitrogen and oxygen atoms in total. The van der Waals surface area contributed by atoms with Crippen molar-refractivity contribution >= 4 is 11.9 Å². The summed E-state index contributed by atoms with van der Waals surface area (Å²) in [6.45, 7) is 4.23. The van der Waals surface area contributed by atoms with E-state index in [1.165, 1.54) is 0 Å². The summed E-state index contributed by atoms with van der Waals surface area (Å²) in [5, 5.41) is 19.4. The molecule has 0 bridgehead atoms. The summed E-state index contributed by atoms with van der Waals surface area (Å²) in [4.78, 5) is 23.7. The number of carboxylic acids is 2. The van der Waals surface area contributed by atoms with Crippen molar-refractivity contribution in [1.82, 2.24) is 0 Å². The second kappa shape index (κ2) is 6.37. The van der Waals surface area contributed by atoms with Gasteiger partial charge in [0.2, 0.25) is 0 Å². The average molecular weight is 296 g/mol. The second-order valence-corrected chi connectivity index (χ2v) is 7.12. The molecule has 120 valence electrons. The Balaban J connectivity index is 2.35. The third-order valence-electron chi connectivity index (χ3n) is 6.03. The minimum Gasteiger partial charge on any atom is -0.480 e. The first kappa shape index (κ1) is 16.3. The van der Waals surface area contributed by atoms with Crippen molar-refractivity contribution in [3.8, 4) is 0 Å². The Bertz CT molecular complexity index is 390. The lowest BCUT2D eigenvalue weighted by Gasteiger charge is -2.52. The van der Waals surface area contributed by atoms with E-state index < -0.39 is 17.4 Å². The van der Waals surface area contributed by atoms with Crippen molar-refractivity contribution < 1.29 is 19.8 Å². The molecule has 2 aliphatic rings. The summed E-state index contributed by atoms with van der Waals surface area (Å²) in [5.41, 5.74) is -1.55. The lowest BCUT2D eigenvalue weighted by molar-refractivity contribution is -0.182. The molecule has 21 heavy (non-hydrogen) atoms. The number of carbonyl (C=O) groups is 2. The van der Waals surface area contributed by atoms with Gasteiger partial charge in [-0.2, -0.15) is 0 Å². The van der Waals surface area contributed by atoms with Gasteiger partial charge < -0.3 is 10.2 Å². The van der Waals surface area contributed by atoms with Crippen molar-refractivity contribution in [2.45, 2.75) is 65.2 Å². The smallest absolute Gasteiger partial charge is 0.321 e. The number of carboxylic acid groups (broad SMARTS) is 2. The highest BCUT2D eigenvalue weighted by molar-refractivity contribution is 5.98. The summed E-state index contributed by atoms with van der Waals surface area (Å²) in [6.07, 6.45) is 7.57. The van der Waals surface area contributed by atoms with Crippen LogP contribution in [0.5, 0.6) is 0 Å². The van der Waals surface area contributed by atoms with Crippen molar-refractivity contribution in [1.29, 1.82) is 0 Å². The fraction of sp³-hybridized carbons (Fsp3) is 0.882. The fourth-order valence-electron chi connectivity index (χ4n) is 5.04. The van der Waals surface area contributed by atoms with Crippen LogP contribution in [0.25, 0.3) is 0 Å². The molecule has 4 atom stereocenters. The maximum Gasteiger partial charge on any atom is 0.321 e. The van der Waals surface area contributed by atoms with Crippen LogP contribution in [0.3, 0.4) is 0 Å². The molecule has 2 aliphatic carbocycles. The molecule has 2 N–H and O–H groups in total. The lowest BCUT2D eigenvalue weighted by atomic mass is 9.50. The molecule has 0 saturated heterocycles. The Morgan fingerprint density at radius 3 is 2.33 bits per heavy atom. The SMILES string of the molecule is CCCCC1C(C)CC(C(=O)O)(C(=O)O)C2CCCCC12. The van der Waals surface area contributed by atoms with Crippen LogP contribution in [0.4, 0.5) is 0 Å². The first-order valence-corrected chi connectivity index (χ1v) is 8.42. The third kappa shape index (κ3) is 2.69. The molecule has 2 saturated carbocycles. The van der Waals surface area contributed by atoms with Gasteiger partial charge in [-0.25, -0.2) is 0 Å². The number of rotatable bonds is 5. The molecule has 2 rings (SSSR count). The maximum atomic E-state index is 11.9. The molecule has 0 aliphatic heterocycles. The number of fused-ring (bicyclic) bond motifs is 1. The van der Waals surface area contributed by atoms with Gasteiger partial charge >= 0.3 is 11.9 Å². The van der Waals surface area contributed by atoms with E-state index in [1.807, 2.05) is 0 Å². The molecule has 0 aromatic heterocycles. The van der Waals surface area contributed by atoms with Crippen LogP contribution in [0.2, 0.25) is 0 Å². The Morgan fingerprint density at radius 1 is 1.14 bits per heavy atom. The van der Waals surface area contributed by atoms with Crippen LogP contribution in [-0.2, 0) is 9.59 Å². The van der Waals surface area contributed by atoms with E-state index in [1.54, 1.807) is 0 Å². The van der Waals surface area contributed by atoms with Gasteiger partial charge in [0.15, 0.2) is 5.41 Å². The van der Waals surface area contributed by atoms with Gasteiger partial charge in [-0.1, -0.05) is 39.5 Å². The van der Waals surface area contributed by atoms with Crippen LogP contribution in [0.15, 0.2) is 0 Å². The zero-order chi connectivity index (χ0) is 15.6. The minimum absolute atomic E-state index is 0.181. The number of hydrogen-bond acceptors (Lipinski definition) is 2. The second-order valence-electron chi connectivity index (χ2n) is 7.12. The zero-order valence-electron chi connectivity index (χ0n) is 13.2. The summed E-state index contributed by atoms with van der Waals surface area (Å²) in [6, 6.07) is 0. The van der Waals surface area contributed by atoms with E-state index >= 15 is 0 Å². The van der Waals surface area contributed by atoms with Gasteiger partial charge in [-0.15, -0.1) is 0 Å². The largest absolute Gasteiger partial charge is 0.480 e. The maximum absolute atomic E-state index is 11.9. The van der Waals surface area contributed by atoms with Gasteiger partial charge in [-0.3, -0.25) is 9.59 Å². The summed E-state index contributed by atoms with van der Waals surface area (Å²) < 4.78 is 0. The highest BCUT2D eigenvalue weighted by atomic mass is 16.4. The van der Waals surface area contributed by atoms with Crippen molar-refractivity contribution in [3.63, 3.8) is 0 Å². The van der Waals surface area contributed by atoms with Gasteiger partial charge in [0.1, 0.15) is 0 Å². The van der Waals surface area contributed by atoms with Gasteiger partial charge in [-0.05, 0) is 49.4 Å². The number of unbranched alkanes of at least 4 members (excludes halogenated alkanes) is 1. The predicted molar refractivity (Wildman–Crippen MR) is 79.9 cm³/mol. The summed E-state index contributed by atoms with van der Waals surface area (Å²) >= 11 is 0. The number of hydrogen-bond donors (Lipinski definition) is 2. The molecule has 0 amide bonds. The topological polar surface area (TPSA) is 74.6 Å². The summed E-state index contributed by atoms with van der Waals surface area (Å²) in [5.74, 6) is -1.45. The molecule has 0 aromatic rings. The first-order valence-electron chi connectivity index (χ1n) is 8.42. The molecule has 4 heteroatoms. The predicted octanol–water partition coefficient (Wildman–Crippen LogP) is 3.79. The van der Waals surface area contributed by atoms with Crippen LogP contribution in [-0.4, -0.2) is 22.2 Å². The highest BCUT2D eigenvalue weighted by Gasteiger charge is 2.60. The Morgan fingerprint density at radius 2 is 1.76 bits per heavy atom. The standard InChI is InChI=1S/C17H28O4/c1-3-4-7-12-11(2)10-17(15(18)19,16(20)21)14-9-6-5-8-13(12)14/h11-14H,3-10H2,1-2H3,(H,18,19)(H,20,21). The summed E-state index contributed by atoms with van der Waals surface area (Å²) in [7, 11) is 0. The quantitative estimate of drug-likeness (QED) is 0.757. The molecular weight excluding hydrogens is 268 g/mol. The molecule has 0 heterocycles. The first-order chi connectivity index (χ1) is 9.95. The van der Waals surface area contributed by atoms with E-state index in [2.05, 4.69) is 13.8 Å². The third-order valence-corrected chi connectivity index (χ3v) is 6.03. The molecule has 0 radical (unpaired) electrons. The van der Waals surface area contributed by atoms with E-state index in [0.717, 1.165) is 44.9 Å². The molecule has 0 spiro atoms. The lowest BCUT2D eigenvalue weighted by Crippen LogP contribution is -2.56. The monoisotopic (exact) mass is 296 g/mol. The van der Waals surface area contributed by atoms with Gasteiger partial charge in [0, 0.05) is 0 Å². The molecule has 4 unspecified atom stereocenters. The Kier molecular flexibility index (Phi) is 4.95. The van der Waals surface area contributed by atoms with E-state index in [4.69, 9.17) is 0 Å². The van der Waals surface area contributed by atoms with Crippen molar-refractivity contribution in [2.24, 2.45) is 29.1 Å². The molecule has 2 fully saturated rings. The zero-order valence-corrected chi connectivity index (χ0v) is 13.2. The van der Waals surface area contributed by atoms with E-state index in [9.17, 15) is 19.8 Å². The Hall–Kier alpha value is -1.06. The van der Waals surface area contributed by atoms with E-state index in [-0.39, 0.29) is 17.8 Å². The van der Waals surface area contributed by atoms with Crippen LogP contribution < -0.4 is 0 Å². The van der Waals surface area contributed by atoms with Gasteiger partial charge in [0.05, 0.1) is 0 Å². The van der Waals surface area contributed by atoms with Crippen LogP contribution in [0.1, 0.15) is 65.2 Å². The minimum atomic E-state index is -1.55. The molecule has 0 aromatic carbocycles. The average Bonchev–Trinajstić information content (AvgIpc) is 2.45. The van der Waals surface area contributed by atoms with Crippen LogP contribution >= 0.6 is 0 Å². The van der Waals surface area contributed by atoms with Gasteiger partial charge in [0.25, 0.3) is 0 Å². The normalized spacial score (nSPS) is 35.0. The van der Waals surface area contributed by atoms with E-state index in [0.29, 0.717) is 12.3 Å². The highest BCUT2D eigenvalue weighted by Crippen LogP contribution is 2.56. The Labute approximate surface area is 126 Å². The molecular formula is C17H28O4. The van der Waals surface area contributed by atoms with Crippen LogP contribution in [0, 0.1) is 29.1 Å². The van der Waals surface area contributed by atoms with Crippen molar-refractivity contribution in [2.75, 3.05) is 0 Å². The number of aliphatic carboxylic acids is 2. The fourth-order valence-corrected chi connectivity index (χ4v) is 5.04. The van der Waals surface area contributed by atoms with Crippen molar-refractivity contribution in [3.05, 3.63) is 0 Å².